The quantitative estimate of drug-likeness (QED) is 0.157. The highest BCUT2D eigenvalue weighted by Gasteiger charge is 2.46. The van der Waals surface area contributed by atoms with Crippen molar-refractivity contribution in [2.24, 2.45) is 11.7 Å². The van der Waals surface area contributed by atoms with Gasteiger partial charge in [-0.3, -0.25) is 9.59 Å². The number of hydrogen-bond acceptors (Lipinski definition) is 8. The summed E-state index contributed by atoms with van der Waals surface area (Å²) in [5.41, 5.74) is 11.1. The average molecular weight is 678 g/mol. The van der Waals surface area contributed by atoms with Crippen LogP contribution in [0.15, 0.2) is 66.7 Å². The van der Waals surface area contributed by atoms with Gasteiger partial charge in [-0.05, 0) is 55.5 Å². The lowest BCUT2D eigenvalue weighted by Crippen LogP contribution is -2.43. The lowest BCUT2D eigenvalue weighted by atomic mass is 9.80. The molecule has 244 valence electrons. The fraction of sp³-hybridized carbons (Fsp3) is 0.286. The van der Waals surface area contributed by atoms with Crippen LogP contribution in [0, 0.1) is 5.92 Å². The van der Waals surface area contributed by atoms with E-state index in [-0.39, 0.29) is 45.9 Å². The minimum atomic E-state index is -1.91. The Bertz CT molecular complexity index is 1870. The van der Waals surface area contributed by atoms with Crippen LogP contribution in [0.5, 0.6) is 17.2 Å². The second kappa shape index (κ2) is 12.6. The third-order valence-electron chi connectivity index (χ3n) is 8.76. The highest BCUT2D eigenvalue weighted by molar-refractivity contribution is 6.43. The normalized spacial score (nSPS) is 18.1. The molecule has 12 heteroatoms. The van der Waals surface area contributed by atoms with Crippen molar-refractivity contribution in [2.75, 3.05) is 32.6 Å². The Kier molecular flexibility index (Phi) is 8.69. The predicted octanol–water partition coefficient (Wildman–Crippen LogP) is 5.24. The number of nitrogens with zero attached hydrogens (tertiary/aromatic N) is 1. The summed E-state index contributed by atoms with van der Waals surface area (Å²) in [6.45, 7) is 1.79. The summed E-state index contributed by atoms with van der Waals surface area (Å²) >= 11 is 13.0. The minimum Gasteiger partial charge on any atom is -0.494 e. The van der Waals surface area contributed by atoms with Crippen molar-refractivity contribution in [1.82, 2.24) is 10.3 Å². The molecule has 1 aliphatic heterocycles. The second-order valence-corrected chi connectivity index (χ2v) is 12.9. The number of halogens is 2. The Morgan fingerprint density at radius 3 is 2.51 bits per heavy atom. The van der Waals surface area contributed by atoms with E-state index in [0.717, 1.165) is 12.8 Å². The lowest BCUT2D eigenvalue weighted by Gasteiger charge is -2.30. The molecule has 2 amide bonds. The van der Waals surface area contributed by atoms with E-state index in [2.05, 4.69) is 5.32 Å². The monoisotopic (exact) mass is 676 g/mol. The zero-order valence-electron chi connectivity index (χ0n) is 25.8. The van der Waals surface area contributed by atoms with Gasteiger partial charge < -0.3 is 36.1 Å². The second-order valence-electron chi connectivity index (χ2n) is 12.1. The van der Waals surface area contributed by atoms with Gasteiger partial charge in [0.15, 0.2) is 0 Å². The number of carbonyl (C=O) groups is 2. The van der Waals surface area contributed by atoms with Gasteiger partial charge in [0.2, 0.25) is 5.91 Å². The number of primary amides is 1. The van der Waals surface area contributed by atoms with E-state index in [9.17, 15) is 14.7 Å². The highest BCUT2D eigenvalue weighted by Crippen LogP contribution is 2.48. The molecule has 3 aromatic carbocycles. The molecule has 1 aliphatic carbocycles. The number of nitrogens with one attached hydrogen (secondary N) is 1. The van der Waals surface area contributed by atoms with Crippen LogP contribution >= 0.6 is 23.2 Å². The molecule has 1 aromatic heterocycles. The molecule has 2 heterocycles. The third kappa shape index (κ3) is 6.04. The minimum absolute atomic E-state index is 0.0430. The Balaban J connectivity index is 1.44. The van der Waals surface area contributed by atoms with Crippen LogP contribution in [-0.4, -0.2) is 48.8 Å². The summed E-state index contributed by atoms with van der Waals surface area (Å²) in [6, 6.07) is 18.5. The maximum Gasteiger partial charge on any atom is 0.251 e. The smallest absolute Gasteiger partial charge is 0.251 e. The van der Waals surface area contributed by atoms with Gasteiger partial charge in [0, 0.05) is 16.7 Å². The number of aliphatic hydroxyl groups is 1. The SMILES string of the molecule is COc1cc(C(=O)NC[C@@](O)(c2ccccc2)c2cc3c(c(-c4cccc(Cl)c4Cl)n2)OC[C@]3(C)C(N)=O)cc(OCC2CC2)c1N. The average Bonchev–Trinajstić information content (AvgIpc) is 3.85. The number of aromatic nitrogens is 1. The summed E-state index contributed by atoms with van der Waals surface area (Å²) in [5.74, 6) is 0.256. The number of nitrogen functional groups attached to an aromatic ring is 1. The van der Waals surface area contributed by atoms with Crippen molar-refractivity contribution in [3.8, 4) is 28.5 Å². The number of hydrogen-bond donors (Lipinski definition) is 4. The fourth-order valence-corrected chi connectivity index (χ4v) is 5.94. The van der Waals surface area contributed by atoms with Crippen LogP contribution in [0.25, 0.3) is 11.3 Å². The Hall–Kier alpha value is -4.51. The van der Waals surface area contributed by atoms with E-state index in [4.69, 9.17) is 53.9 Å². The van der Waals surface area contributed by atoms with E-state index >= 15 is 0 Å². The van der Waals surface area contributed by atoms with Crippen LogP contribution in [0.2, 0.25) is 10.0 Å². The zero-order valence-corrected chi connectivity index (χ0v) is 27.3. The number of pyridine rings is 1. The maximum absolute atomic E-state index is 13.7. The first-order chi connectivity index (χ1) is 22.5. The van der Waals surface area contributed by atoms with Crippen molar-refractivity contribution < 1.29 is 28.9 Å². The fourth-order valence-electron chi connectivity index (χ4n) is 5.55. The van der Waals surface area contributed by atoms with Crippen LogP contribution in [-0.2, 0) is 15.8 Å². The molecule has 0 bridgehead atoms. The van der Waals surface area contributed by atoms with Gasteiger partial charge in [-0.2, -0.15) is 0 Å². The van der Waals surface area contributed by atoms with Gasteiger partial charge in [-0.15, -0.1) is 0 Å². The van der Waals surface area contributed by atoms with E-state index in [1.165, 1.54) is 13.2 Å². The molecule has 0 radical (unpaired) electrons. The van der Waals surface area contributed by atoms with E-state index < -0.39 is 22.8 Å². The van der Waals surface area contributed by atoms with Gasteiger partial charge in [-0.1, -0.05) is 65.7 Å². The zero-order chi connectivity index (χ0) is 33.5. The molecule has 4 aromatic rings. The van der Waals surface area contributed by atoms with Crippen LogP contribution in [0.3, 0.4) is 0 Å². The van der Waals surface area contributed by atoms with Crippen molar-refractivity contribution in [3.05, 3.63) is 99.2 Å². The first kappa shape index (κ1) is 32.4. The summed E-state index contributed by atoms with van der Waals surface area (Å²) < 4.78 is 17.4. The summed E-state index contributed by atoms with van der Waals surface area (Å²) in [7, 11) is 1.46. The molecular weight excluding hydrogens is 643 g/mol. The topological polar surface area (TPSA) is 159 Å². The van der Waals surface area contributed by atoms with Gasteiger partial charge in [0.05, 0.1) is 36.0 Å². The Morgan fingerprint density at radius 1 is 1.11 bits per heavy atom. The number of anilines is 1. The number of amides is 2. The number of rotatable bonds is 11. The maximum atomic E-state index is 13.7. The molecule has 6 rings (SSSR count). The van der Waals surface area contributed by atoms with Crippen molar-refractivity contribution in [3.63, 3.8) is 0 Å². The van der Waals surface area contributed by atoms with Gasteiger partial charge >= 0.3 is 0 Å². The molecule has 10 nitrogen and oxygen atoms in total. The lowest BCUT2D eigenvalue weighted by molar-refractivity contribution is -0.123. The molecular formula is C35H34Cl2N4O6. The van der Waals surface area contributed by atoms with Crippen LogP contribution < -0.4 is 31.0 Å². The number of methoxy groups -OCH3 is 1. The number of nitrogens with two attached hydrogens (primary N) is 2. The standard InChI is InChI=1S/C35H34Cl2N4O6/c1-34(33(39)43)18-47-31-23(34)15-27(41-30(31)22-9-6-10-24(36)28(22)37)35(44,21-7-4-3-5-8-21)17-40-32(42)20-13-25(45-2)29(38)26(14-20)46-16-19-11-12-19/h3-10,13-15,19,44H,11-12,16-18,38H2,1-2H3,(H2,39,43)(H,40,42)/t34-,35+/m0/s1. The van der Waals surface area contributed by atoms with E-state index in [1.54, 1.807) is 67.6 Å². The molecule has 1 saturated carbocycles. The molecule has 0 saturated heterocycles. The molecule has 0 unspecified atom stereocenters. The number of fused-ring (bicyclic) bond motifs is 1. The molecule has 6 N–H and O–H groups in total. The molecule has 0 spiro atoms. The predicted molar refractivity (Wildman–Crippen MR) is 179 cm³/mol. The van der Waals surface area contributed by atoms with Crippen LogP contribution in [0.1, 0.15) is 46.9 Å². The summed E-state index contributed by atoms with van der Waals surface area (Å²) in [5, 5.41) is 15.9. The number of carbonyl (C=O) groups excluding carboxylic acids is 2. The first-order valence-corrected chi connectivity index (χ1v) is 15.8. The third-order valence-corrected chi connectivity index (χ3v) is 9.58. The van der Waals surface area contributed by atoms with Crippen molar-refractivity contribution >= 4 is 40.7 Å². The van der Waals surface area contributed by atoms with Crippen molar-refractivity contribution in [2.45, 2.75) is 30.8 Å². The highest BCUT2D eigenvalue weighted by atomic mass is 35.5. The molecule has 2 aliphatic rings. The van der Waals surface area contributed by atoms with Gasteiger partial charge in [0.25, 0.3) is 5.91 Å². The Morgan fingerprint density at radius 2 is 1.83 bits per heavy atom. The number of ether oxygens (including phenoxy) is 3. The van der Waals surface area contributed by atoms with Crippen molar-refractivity contribution in [1.29, 1.82) is 0 Å². The largest absolute Gasteiger partial charge is 0.494 e. The number of benzene rings is 3. The summed E-state index contributed by atoms with van der Waals surface area (Å²) in [4.78, 5) is 31.3. The molecule has 47 heavy (non-hydrogen) atoms. The first-order valence-electron chi connectivity index (χ1n) is 15.1. The van der Waals surface area contributed by atoms with Gasteiger partial charge in [0.1, 0.15) is 46.3 Å². The van der Waals surface area contributed by atoms with Gasteiger partial charge in [-0.25, -0.2) is 4.98 Å². The van der Waals surface area contributed by atoms with E-state index in [0.29, 0.717) is 46.4 Å². The Labute approximate surface area is 281 Å². The summed E-state index contributed by atoms with van der Waals surface area (Å²) in [6.07, 6.45) is 2.17. The van der Waals surface area contributed by atoms with E-state index in [1.807, 2.05) is 0 Å². The molecule has 1 fully saturated rings. The molecule has 2 atom stereocenters. The van der Waals surface area contributed by atoms with Crippen LogP contribution in [0.4, 0.5) is 5.69 Å².